The van der Waals surface area contributed by atoms with E-state index in [1.807, 2.05) is 31.6 Å². The summed E-state index contributed by atoms with van der Waals surface area (Å²) < 4.78 is 2.28. The zero-order valence-electron chi connectivity index (χ0n) is 8.58. The van der Waals surface area contributed by atoms with Crippen molar-refractivity contribution in [2.45, 2.75) is 6.04 Å². The van der Waals surface area contributed by atoms with Crippen LogP contribution < -0.4 is 5.32 Å². The van der Waals surface area contributed by atoms with Gasteiger partial charge in [-0.25, -0.2) is 0 Å². The average Bonchev–Trinajstić information content (AvgIpc) is 2.61. The Morgan fingerprint density at radius 2 is 2.00 bits per heavy atom. The SMILES string of the molecule is CNC(c1ccncc1)c1cc(Br)sc1Br. The molecule has 0 aliphatic rings. The van der Waals surface area contributed by atoms with E-state index in [1.165, 1.54) is 11.1 Å². The fourth-order valence-electron chi connectivity index (χ4n) is 1.61. The third kappa shape index (κ3) is 2.53. The van der Waals surface area contributed by atoms with E-state index in [1.54, 1.807) is 11.3 Å². The third-order valence-corrected chi connectivity index (χ3v) is 4.71. The van der Waals surface area contributed by atoms with E-state index in [2.05, 4.69) is 48.2 Å². The molecule has 2 aromatic rings. The molecule has 16 heavy (non-hydrogen) atoms. The van der Waals surface area contributed by atoms with Crippen molar-refractivity contribution in [3.8, 4) is 0 Å². The molecule has 1 N–H and O–H groups in total. The van der Waals surface area contributed by atoms with Crippen LogP contribution in [0.4, 0.5) is 0 Å². The highest BCUT2D eigenvalue weighted by atomic mass is 79.9. The van der Waals surface area contributed by atoms with Crippen LogP contribution in [0.5, 0.6) is 0 Å². The molecule has 0 fully saturated rings. The van der Waals surface area contributed by atoms with Crippen molar-refractivity contribution in [3.05, 3.63) is 49.3 Å². The van der Waals surface area contributed by atoms with Gasteiger partial charge < -0.3 is 5.32 Å². The van der Waals surface area contributed by atoms with Crippen LogP contribution in [0.3, 0.4) is 0 Å². The quantitative estimate of drug-likeness (QED) is 0.894. The van der Waals surface area contributed by atoms with Crippen molar-refractivity contribution in [2.24, 2.45) is 0 Å². The van der Waals surface area contributed by atoms with Crippen LogP contribution in [-0.4, -0.2) is 12.0 Å². The van der Waals surface area contributed by atoms with Crippen LogP contribution in [0.2, 0.25) is 0 Å². The molecule has 1 unspecified atom stereocenters. The second-order valence-corrected chi connectivity index (χ2v) is 7.03. The number of rotatable bonds is 3. The van der Waals surface area contributed by atoms with Crippen molar-refractivity contribution in [1.29, 1.82) is 0 Å². The largest absolute Gasteiger partial charge is 0.309 e. The minimum Gasteiger partial charge on any atom is -0.309 e. The lowest BCUT2D eigenvalue weighted by molar-refractivity contribution is 0.690. The summed E-state index contributed by atoms with van der Waals surface area (Å²) in [7, 11) is 1.96. The molecule has 2 nitrogen and oxygen atoms in total. The highest BCUT2D eigenvalue weighted by molar-refractivity contribution is 9.12. The molecule has 1 atom stereocenters. The van der Waals surface area contributed by atoms with Crippen molar-refractivity contribution < 1.29 is 0 Å². The lowest BCUT2D eigenvalue weighted by Gasteiger charge is -2.15. The highest BCUT2D eigenvalue weighted by Crippen LogP contribution is 2.37. The van der Waals surface area contributed by atoms with Gasteiger partial charge in [-0.2, -0.15) is 0 Å². The minimum absolute atomic E-state index is 0.194. The molecule has 0 bridgehead atoms. The molecule has 0 saturated heterocycles. The van der Waals surface area contributed by atoms with Crippen LogP contribution in [0.15, 0.2) is 38.2 Å². The Hall–Kier alpha value is -0.230. The standard InChI is InChI=1S/C11H10Br2N2S/c1-14-10(7-2-4-15-5-3-7)8-6-9(12)16-11(8)13/h2-6,10,14H,1H3. The van der Waals surface area contributed by atoms with Gasteiger partial charge in [0.2, 0.25) is 0 Å². The van der Waals surface area contributed by atoms with Gasteiger partial charge in [0, 0.05) is 12.4 Å². The molecule has 0 saturated carbocycles. The summed E-state index contributed by atoms with van der Waals surface area (Å²) in [6.07, 6.45) is 3.63. The lowest BCUT2D eigenvalue weighted by atomic mass is 10.0. The van der Waals surface area contributed by atoms with Gasteiger partial charge in [-0.1, -0.05) is 0 Å². The molecule has 0 aromatic carbocycles. The van der Waals surface area contributed by atoms with E-state index in [9.17, 15) is 0 Å². The maximum atomic E-state index is 4.04. The Morgan fingerprint density at radius 3 is 2.50 bits per heavy atom. The van der Waals surface area contributed by atoms with Crippen LogP contribution in [0, 0.1) is 0 Å². The van der Waals surface area contributed by atoms with E-state index < -0.39 is 0 Å². The Labute approximate surface area is 115 Å². The number of thiophene rings is 1. The summed E-state index contributed by atoms with van der Waals surface area (Å²) in [5.74, 6) is 0. The Bertz CT molecular complexity index is 470. The number of hydrogen-bond donors (Lipinski definition) is 1. The summed E-state index contributed by atoms with van der Waals surface area (Å²) in [6, 6.07) is 6.38. The predicted octanol–water partition coefficient (Wildman–Crippen LogP) is 3.98. The van der Waals surface area contributed by atoms with Crippen molar-refractivity contribution in [2.75, 3.05) is 7.05 Å². The van der Waals surface area contributed by atoms with Gasteiger partial charge >= 0.3 is 0 Å². The number of nitrogens with zero attached hydrogens (tertiary/aromatic N) is 1. The van der Waals surface area contributed by atoms with Crippen LogP contribution >= 0.6 is 43.2 Å². The van der Waals surface area contributed by atoms with Gasteiger partial charge in [0.15, 0.2) is 0 Å². The number of halogens is 2. The third-order valence-electron chi connectivity index (χ3n) is 2.32. The zero-order valence-corrected chi connectivity index (χ0v) is 12.6. The first-order valence-corrected chi connectivity index (χ1v) is 7.14. The molecular formula is C11H10Br2N2S. The Balaban J connectivity index is 2.40. The maximum absolute atomic E-state index is 4.04. The Morgan fingerprint density at radius 1 is 1.31 bits per heavy atom. The number of nitrogens with one attached hydrogen (secondary N) is 1. The second-order valence-electron chi connectivity index (χ2n) is 3.28. The molecule has 0 radical (unpaired) electrons. The number of pyridine rings is 1. The second kappa shape index (κ2) is 5.40. The van der Waals surface area contributed by atoms with E-state index >= 15 is 0 Å². The van der Waals surface area contributed by atoms with Crippen molar-refractivity contribution in [3.63, 3.8) is 0 Å². The fourth-order valence-corrected chi connectivity index (χ4v) is 4.51. The van der Waals surface area contributed by atoms with E-state index in [0.29, 0.717) is 0 Å². The maximum Gasteiger partial charge on any atom is 0.0761 e. The normalized spacial score (nSPS) is 12.7. The van der Waals surface area contributed by atoms with Gasteiger partial charge in [-0.15, -0.1) is 11.3 Å². The molecule has 5 heteroatoms. The van der Waals surface area contributed by atoms with Gasteiger partial charge in [0.25, 0.3) is 0 Å². The zero-order chi connectivity index (χ0) is 11.5. The average molecular weight is 362 g/mol. The van der Waals surface area contributed by atoms with Gasteiger partial charge in [-0.3, -0.25) is 4.98 Å². The first-order valence-electron chi connectivity index (χ1n) is 4.74. The summed E-state index contributed by atoms with van der Waals surface area (Å²) >= 11 is 8.78. The topological polar surface area (TPSA) is 24.9 Å². The van der Waals surface area contributed by atoms with Crippen LogP contribution in [0.25, 0.3) is 0 Å². The number of aromatic nitrogens is 1. The molecule has 2 heterocycles. The van der Waals surface area contributed by atoms with Crippen LogP contribution in [-0.2, 0) is 0 Å². The predicted molar refractivity (Wildman–Crippen MR) is 74.9 cm³/mol. The monoisotopic (exact) mass is 360 g/mol. The molecular weight excluding hydrogens is 352 g/mol. The molecule has 0 spiro atoms. The molecule has 0 aliphatic carbocycles. The van der Waals surface area contributed by atoms with Gasteiger partial charge in [0.05, 0.1) is 13.6 Å². The number of hydrogen-bond acceptors (Lipinski definition) is 3. The first-order chi connectivity index (χ1) is 7.72. The van der Waals surface area contributed by atoms with Crippen molar-refractivity contribution in [1.82, 2.24) is 10.3 Å². The summed E-state index contributed by atoms with van der Waals surface area (Å²) in [5, 5.41) is 3.32. The van der Waals surface area contributed by atoms with Crippen LogP contribution in [0.1, 0.15) is 17.2 Å². The molecule has 2 aromatic heterocycles. The highest BCUT2D eigenvalue weighted by Gasteiger charge is 2.17. The summed E-state index contributed by atoms with van der Waals surface area (Å²) in [6.45, 7) is 0. The van der Waals surface area contributed by atoms with E-state index in [4.69, 9.17) is 0 Å². The molecule has 84 valence electrons. The first kappa shape index (κ1) is 12.2. The minimum atomic E-state index is 0.194. The smallest absolute Gasteiger partial charge is 0.0761 e. The molecule has 0 aliphatic heterocycles. The molecule has 0 amide bonds. The summed E-state index contributed by atoms with van der Waals surface area (Å²) in [5.41, 5.74) is 2.45. The fraction of sp³-hybridized carbons (Fsp3) is 0.182. The summed E-state index contributed by atoms with van der Waals surface area (Å²) in [4.78, 5) is 4.04. The van der Waals surface area contributed by atoms with Gasteiger partial charge in [0.1, 0.15) is 0 Å². The van der Waals surface area contributed by atoms with E-state index in [-0.39, 0.29) is 6.04 Å². The van der Waals surface area contributed by atoms with E-state index in [0.717, 1.165) is 7.57 Å². The Kier molecular flexibility index (Phi) is 4.13. The van der Waals surface area contributed by atoms with Crippen molar-refractivity contribution >= 4 is 43.2 Å². The molecule has 2 rings (SSSR count). The lowest BCUT2D eigenvalue weighted by Crippen LogP contribution is -2.17. The van der Waals surface area contributed by atoms with Gasteiger partial charge in [-0.05, 0) is 68.2 Å².